The zero-order valence-electron chi connectivity index (χ0n) is 20.9. The minimum atomic E-state index is -1.41. The van der Waals surface area contributed by atoms with Gasteiger partial charge in [0.15, 0.2) is 0 Å². The van der Waals surface area contributed by atoms with Crippen molar-refractivity contribution in [2.24, 2.45) is 5.92 Å². The molecule has 1 unspecified atom stereocenters. The number of alkyl carbamates (subject to hydrolysis) is 1. The highest BCUT2D eigenvalue weighted by molar-refractivity contribution is 5.98. The van der Waals surface area contributed by atoms with Crippen molar-refractivity contribution in [2.75, 3.05) is 18.0 Å². The summed E-state index contributed by atoms with van der Waals surface area (Å²) in [6.45, 7) is 8.59. The predicted octanol–water partition coefficient (Wildman–Crippen LogP) is 3.88. The summed E-state index contributed by atoms with van der Waals surface area (Å²) in [5, 5.41) is 23.4. The molecule has 2 saturated carbocycles. The first-order valence-electron chi connectivity index (χ1n) is 12.4. The van der Waals surface area contributed by atoms with Crippen LogP contribution in [0.3, 0.4) is 0 Å². The average Bonchev–Trinajstić information content (AvgIpc) is 3.64. The number of alkyl halides is 1. The maximum Gasteiger partial charge on any atom is 0.408 e. The standard InChI is InChI=1S/C26H32FN3O6/c1-13-17(29-8-5-14(11-29)26(6-7-26)28-24(35)36-25(2,3)4)10-19(31)20-21(13)30(18-9-16(18)27)12-15(22(20)32)23(33)34/h10,12,14,16,18,31H,5-9,11H2,1-4H3,(H,28,35)(H,33,34)/t14?,16-,18-/m1/s1. The average molecular weight is 502 g/mol. The Labute approximate surface area is 207 Å². The Bertz CT molecular complexity index is 1330. The molecule has 10 heteroatoms. The minimum absolute atomic E-state index is 0.101. The molecule has 1 amide bonds. The molecule has 2 aromatic rings. The second kappa shape index (κ2) is 8.11. The van der Waals surface area contributed by atoms with E-state index in [1.807, 2.05) is 27.7 Å². The van der Waals surface area contributed by atoms with E-state index >= 15 is 0 Å². The number of aromatic hydroxyl groups is 1. The SMILES string of the molecule is Cc1c(N2CCC(C3(NC(=O)OC(C)(C)C)CC3)C2)cc(O)c2c(=O)c(C(=O)O)cn([C@@H]3C[C@H]3F)c12. The molecule has 3 atom stereocenters. The number of carboxylic acids is 1. The molecule has 3 aliphatic rings. The monoisotopic (exact) mass is 501 g/mol. The zero-order chi connectivity index (χ0) is 26.2. The van der Waals surface area contributed by atoms with Crippen LogP contribution in [0.15, 0.2) is 17.1 Å². The van der Waals surface area contributed by atoms with E-state index in [-0.39, 0.29) is 29.0 Å². The third-order valence-corrected chi connectivity index (χ3v) is 7.62. The second-order valence-corrected chi connectivity index (χ2v) is 11.4. The van der Waals surface area contributed by atoms with Gasteiger partial charge in [0.05, 0.1) is 16.9 Å². The predicted molar refractivity (Wildman–Crippen MR) is 132 cm³/mol. The van der Waals surface area contributed by atoms with Gasteiger partial charge in [0, 0.05) is 48.9 Å². The molecule has 9 nitrogen and oxygen atoms in total. The van der Waals surface area contributed by atoms with Crippen LogP contribution in [0.4, 0.5) is 14.9 Å². The number of ether oxygens (including phenoxy) is 1. The summed E-state index contributed by atoms with van der Waals surface area (Å²) in [7, 11) is 0. The number of nitrogens with one attached hydrogen (secondary N) is 1. The van der Waals surface area contributed by atoms with Crippen LogP contribution in [-0.2, 0) is 4.74 Å². The molecule has 1 aromatic carbocycles. The van der Waals surface area contributed by atoms with Crippen molar-refractivity contribution in [1.29, 1.82) is 0 Å². The highest BCUT2D eigenvalue weighted by Crippen LogP contribution is 2.48. The number of carbonyl (C=O) groups excluding carboxylic acids is 1. The van der Waals surface area contributed by atoms with Gasteiger partial charge in [0.2, 0.25) is 5.43 Å². The van der Waals surface area contributed by atoms with Gasteiger partial charge in [-0.3, -0.25) is 4.79 Å². The van der Waals surface area contributed by atoms with Crippen LogP contribution in [0.5, 0.6) is 5.75 Å². The van der Waals surface area contributed by atoms with E-state index in [4.69, 9.17) is 4.74 Å². The summed E-state index contributed by atoms with van der Waals surface area (Å²) in [5.41, 5.74) is -0.425. The van der Waals surface area contributed by atoms with E-state index in [0.29, 0.717) is 29.9 Å². The first-order valence-corrected chi connectivity index (χ1v) is 12.4. The summed E-state index contributed by atoms with van der Waals surface area (Å²) >= 11 is 0. The number of amides is 1. The Balaban J connectivity index is 1.48. The Morgan fingerprint density at radius 1 is 1.28 bits per heavy atom. The number of fused-ring (bicyclic) bond motifs is 1. The van der Waals surface area contributed by atoms with Crippen molar-refractivity contribution >= 4 is 28.7 Å². The molecule has 1 saturated heterocycles. The fraction of sp³-hybridized carbons (Fsp3) is 0.577. The number of aromatic carboxylic acids is 1. The quantitative estimate of drug-likeness (QED) is 0.569. The fourth-order valence-corrected chi connectivity index (χ4v) is 5.57. The van der Waals surface area contributed by atoms with Crippen LogP contribution in [0.25, 0.3) is 10.9 Å². The van der Waals surface area contributed by atoms with E-state index in [2.05, 4.69) is 10.2 Å². The van der Waals surface area contributed by atoms with Gasteiger partial charge < -0.3 is 29.7 Å². The summed E-state index contributed by atoms with van der Waals surface area (Å²) in [6, 6.07) is 0.927. The fourth-order valence-electron chi connectivity index (χ4n) is 5.57. The number of anilines is 1. The number of phenolic OH excluding ortho intramolecular Hbond substituents is 1. The number of carboxylic acid groups (broad SMARTS) is 1. The molecule has 5 rings (SSSR count). The lowest BCUT2D eigenvalue weighted by Crippen LogP contribution is -2.45. The van der Waals surface area contributed by atoms with Crippen molar-refractivity contribution in [2.45, 2.75) is 76.7 Å². The van der Waals surface area contributed by atoms with Gasteiger partial charge >= 0.3 is 12.1 Å². The summed E-state index contributed by atoms with van der Waals surface area (Å²) in [6.07, 6.45) is 2.42. The largest absolute Gasteiger partial charge is 0.507 e. The van der Waals surface area contributed by atoms with Crippen LogP contribution < -0.4 is 15.6 Å². The molecule has 194 valence electrons. The molecule has 0 radical (unpaired) electrons. The van der Waals surface area contributed by atoms with Crippen LogP contribution in [0, 0.1) is 12.8 Å². The van der Waals surface area contributed by atoms with Crippen LogP contribution >= 0.6 is 0 Å². The van der Waals surface area contributed by atoms with Gasteiger partial charge in [-0.05, 0) is 52.5 Å². The lowest BCUT2D eigenvalue weighted by Gasteiger charge is -2.28. The molecular weight excluding hydrogens is 469 g/mol. The minimum Gasteiger partial charge on any atom is -0.507 e. The second-order valence-electron chi connectivity index (χ2n) is 11.4. The summed E-state index contributed by atoms with van der Waals surface area (Å²) < 4.78 is 21.0. The summed E-state index contributed by atoms with van der Waals surface area (Å²) in [4.78, 5) is 39.1. The molecule has 1 aromatic heterocycles. The normalized spacial score (nSPS) is 24.6. The lowest BCUT2D eigenvalue weighted by atomic mass is 9.96. The van der Waals surface area contributed by atoms with Gasteiger partial charge in [-0.2, -0.15) is 0 Å². The Morgan fingerprint density at radius 3 is 2.50 bits per heavy atom. The maximum absolute atomic E-state index is 14.1. The van der Waals surface area contributed by atoms with Gasteiger partial charge in [-0.15, -0.1) is 0 Å². The summed E-state index contributed by atoms with van der Waals surface area (Å²) in [5.74, 6) is -1.56. The molecule has 2 heterocycles. The van der Waals surface area contributed by atoms with Gasteiger partial charge in [0.25, 0.3) is 0 Å². The molecule has 2 aliphatic carbocycles. The van der Waals surface area contributed by atoms with Crippen molar-refractivity contribution in [3.63, 3.8) is 0 Å². The van der Waals surface area contributed by atoms with E-state index in [0.717, 1.165) is 19.3 Å². The maximum atomic E-state index is 14.1. The number of aryl methyl sites for hydroxylation is 1. The highest BCUT2D eigenvalue weighted by atomic mass is 19.1. The Kier molecular flexibility index (Phi) is 5.50. The molecular formula is C26H32FN3O6. The van der Waals surface area contributed by atoms with Crippen molar-refractivity contribution < 1.29 is 28.9 Å². The highest BCUT2D eigenvalue weighted by Gasteiger charge is 2.53. The Hall–Kier alpha value is -3.30. The number of benzene rings is 1. The van der Waals surface area contributed by atoms with Crippen LogP contribution in [0.1, 0.15) is 68.4 Å². The van der Waals surface area contributed by atoms with E-state index in [9.17, 15) is 29.0 Å². The van der Waals surface area contributed by atoms with E-state index in [1.54, 1.807) is 0 Å². The van der Waals surface area contributed by atoms with E-state index in [1.165, 1.54) is 16.8 Å². The molecule has 3 fully saturated rings. The third-order valence-electron chi connectivity index (χ3n) is 7.62. The van der Waals surface area contributed by atoms with Gasteiger partial charge in [-0.25, -0.2) is 14.0 Å². The zero-order valence-corrected chi connectivity index (χ0v) is 20.9. The van der Waals surface area contributed by atoms with Crippen molar-refractivity contribution in [3.8, 4) is 5.75 Å². The van der Waals surface area contributed by atoms with Crippen LogP contribution in [0.2, 0.25) is 0 Å². The number of hydrogen-bond acceptors (Lipinski definition) is 6. The number of nitrogens with zero attached hydrogens (tertiary/aromatic N) is 2. The molecule has 0 spiro atoms. The number of phenols is 1. The van der Waals surface area contributed by atoms with Gasteiger partial charge in [-0.1, -0.05) is 0 Å². The number of aromatic nitrogens is 1. The van der Waals surface area contributed by atoms with Crippen molar-refractivity contribution in [1.82, 2.24) is 9.88 Å². The number of carbonyl (C=O) groups is 2. The van der Waals surface area contributed by atoms with Crippen LogP contribution in [-0.4, -0.2) is 57.2 Å². The van der Waals surface area contributed by atoms with Crippen molar-refractivity contribution in [3.05, 3.63) is 33.6 Å². The number of pyridine rings is 1. The molecule has 0 bridgehead atoms. The van der Waals surface area contributed by atoms with Gasteiger partial charge in [0.1, 0.15) is 23.1 Å². The first-order chi connectivity index (χ1) is 16.8. The number of halogens is 1. The topological polar surface area (TPSA) is 121 Å². The smallest absolute Gasteiger partial charge is 0.408 e. The molecule has 3 N–H and O–H groups in total. The lowest BCUT2D eigenvalue weighted by molar-refractivity contribution is 0.0477. The third kappa shape index (κ3) is 4.16. The molecule has 36 heavy (non-hydrogen) atoms. The molecule has 1 aliphatic heterocycles. The number of rotatable bonds is 5. The number of hydrogen-bond donors (Lipinski definition) is 3. The first kappa shape index (κ1) is 24.4. The Morgan fingerprint density at radius 2 is 1.94 bits per heavy atom. The van der Waals surface area contributed by atoms with E-state index < -0.39 is 40.9 Å².